The second-order valence-corrected chi connectivity index (χ2v) is 4.57. The van der Waals surface area contributed by atoms with Gasteiger partial charge in [-0.3, -0.25) is 20.2 Å². The van der Waals surface area contributed by atoms with Crippen LogP contribution < -0.4 is 5.32 Å². The zero-order chi connectivity index (χ0) is 16.0. The summed E-state index contributed by atoms with van der Waals surface area (Å²) in [6.07, 6.45) is 0.606. The Hall–Kier alpha value is -2.22. The fourth-order valence-corrected chi connectivity index (χ4v) is 2.14. The van der Waals surface area contributed by atoms with Gasteiger partial charge in [-0.05, 0) is 33.3 Å². The van der Waals surface area contributed by atoms with E-state index in [1.165, 1.54) is 6.07 Å². The van der Waals surface area contributed by atoms with E-state index in [2.05, 4.69) is 5.32 Å². The second-order valence-electron chi connectivity index (χ2n) is 4.57. The number of rotatable bonds is 8. The van der Waals surface area contributed by atoms with E-state index >= 15 is 0 Å². The third-order valence-electron chi connectivity index (χ3n) is 2.99. The van der Waals surface area contributed by atoms with Gasteiger partial charge in [0.25, 0.3) is 0 Å². The minimum Gasteiger partial charge on any atom is -0.382 e. The molecule has 0 aliphatic heterocycles. The third kappa shape index (κ3) is 4.12. The topological polar surface area (TPSA) is 108 Å². The Bertz CT molecular complexity index is 507. The molecule has 1 rings (SSSR count). The Balaban J connectivity index is 3.12. The van der Waals surface area contributed by atoms with Gasteiger partial charge in [0.2, 0.25) is 0 Å². The van der Waals surface area contributed by atoms with Crippen molar-refractivity contribution in [1.82, 2.24) is 0 Å². The van der Waals surface area contributed by atoms with E-state index < -0.39 is 9.85 Å². The van der Waals surface area contributed by atoms with Crippen molar-refractivity contribution < 1.29 is 14.6 Å². The predicted molar refractivity (Wildman–Crippen MR) is 78.8 cm³/mol. The van der Waals surface area contributed by atoms with Crippen molar-refractivity contribution in [3.05, 3.63) is 37.4 Å². The molecule has 0 aliphatic carbocycles. The molecule has 8 heteroatoms. The van der Waals surface area contributed by atoms with Gasteiger partial charge in [-0.1, -0.05) is 0 Å². The molecule has 0 saturated carbocycles. The van der Waals surface area contributed by atoms with Gasteiger partial charge < -0.3 is 10.1 Å². The standard InChI is InChI=1S/C13H19N3O5/c1-4-21-7-5-6-14-11-12(15(17)18)9(2)8-10(3)13(11)16(19)20/h8,14H,4-7H2,1-3H3. The largest absolute Gasteiger partial charge is 0.382 e. The first-order valence-corrected chi connectivity index (χ1v) is 6.64. The number of ether oxygens (including phenoxy) is 1. The lowest BCUT2D eigenvalue weighted by atomic mass is 10.1. The Morgan fingerprint density at radius 3 is 2.10 bits per heavy atom. The number of nitro benzene ring substituents is 2. The van der Waals surface area contributed by atoms with Gasteiger partial charge >= 0.3 is 11.4 Å². The summed E-state index contributed by atoms with van der Waals surface area (Å²) in [7, 11) is 0. The summed E-state index contributed by atoms with van der Waals surface area (Å²) in [6.45, 7) is 6.46. The molecule has 1 N–H and O–H groups in total. The maximum Gasteiger partial charge on any atom is 0.302 e. The van der Waals surface area contributed by atoms with Crippen molar-refractivity contribution in [3.63, 3.8) is 0 Å². The van der Waals surface area contributed by atoms with Crippen molar-refractivity contribution in [2.75, 3.05) is 25.1 Å². The molecule has 0 aliphatic rings. The molecule has 0 unspecified atom stereocenters. The minimum atomic E-state index is -0.591. The van der Waals surface area contributed by atoms with Crippen LogP contribution >= 0.6 is 0 Å². The molecule has 0 spiro atoms. The highest BCUT2D eigenvalue weighted by atomic mass is 16.6. The van der Waals surface area contributed by atoms with Gasteiger partial charge in [-0.2, -0.15) is 0 Å². The summed E-state index contributed by atoms with van der Waals surface area (Å²) < 4.78 is 5.17. The van der Waals surface area contributed by atoms with Crippen molar-refractivity contribution in [2.45, 2.75) is 27.2 Å². The highest BCUT2D eigenvalue weighted by molar-refractivity contribution is 5.78. The zero-order valence-corrected chi connectivity index (χ0v) is 12.3. The molecule has 1 aromatic carbocycles. The monoisotopic (exact) mass is 297 g/mol. The van der Waals surface area contributed by atoms with Crippen molar-refractivity contribution in [1.29, 1.82) is 0 Å². The van der Waals surface area contributed by atoms with Crippen LogP contribution in [0.15, 0.2) is 6.07 Å². The lowest BCUT2D eigenvalue weighted by molar-refractivity contribution is -0.393. The Morgan fingerprint density at radius 1 is 1.14 bits per heavy atom. The molecule has 0 aromatic heterocycles. The van der Waals surface area contributed by atoms with E-state index in [-0.39, 0.29) is 17.1 Å². The predicted octanol–water partition coefficient (Wildman–Crippen LogP) is 2.96. The number of hydrogen-bond donors (Lipinski definition) is 1. The first kappa shape index (κ1) is 16.8. The highest BCUT2D eigenvalue weighted by Crippen LogP contribution is 2.39. The van der Waals surface area contributed by atoms with Gasteiger partial charge in [-0.25, -0.2) is 0 Å². The molecule has 0 fully saturated rings. The molecule has 21 heavy (non-hydrogen) atoms. The summed E-state index contributed by atoms with van der Waals surface area (Å²) in [5.41, 5.74) is 0.275. The number of nitrogens with one attached hydrogen (secondary N) is 1. The van der Waals surface area contributed by atoms with E-state index in [0.29, 0.717) is 37.3 Å². The van der Waals surface area contributed by atoms with Gasteiger partial charge in [0.05, 0.1) is 9.85 Å². The summed E-state index contributed by atoms with van der Waals surface area (Å²) in [5, 5.41) is 25.2. The van der Waals surface area contributed by atoms with E-state index in [1.807, 2.05) is 6.92 Å². The van der Waals surface area contributed by atoms with E-state index in [0.717, 1.165) is 0 Å². The third-order valence-corrected chi connectivity index (χ3v) is 2.99. The smallest absolute Gasteiger partial charge is 0.302 e. The first-order valence-electron chi connectivity index (χ1n) is 6.64. The van der Waals surface area contributed by atoms with E-state index in [4.69, 9.17) is 4.74 Å². The van der Waals surface area contributed by atoms with Gasteiger partial charge in [0.1, 0.15) is 0 Å². The molecule has 1 aromatic rings. The molecule has 116 valence electrons. The average molecular weight is 297 g/mol. The van der Waals surface area contributed by atoms with Crippen LogP contribution in [0.4, 0.5) is 17.1 Å². The van der Waals surface area contributed by atoms with Crippen molar-refractivity contribution in [2.24, 2.45) is 0 Å². The Kier molecular flexibility index (Phi) is 6.04. The molecule has 0 heterocycles. The number of nitrogens with zero attached hydrogens (tertiary/aromatic N) is 2. The number of benzene rings is 1. The molecular formula is C13H19N3O5. The SMILES string of the molecule is CCOCCCNc1c([N+](=O)[O-])c(C)cc(C)c1[N+](=O)[O-]. The normalized spacial score (nSPS) is 10.4. The van der Waals surface area contributed by atoms with Crippen LogP contribution in [0.5, 0.6) is 0 Å². The number of nitro groups is 2. The van der Waals surface area contributed by atoms with Gasteiger partial charge in [-0.15, -0.1) is 0 Å². The van der Waals surface area contributed by atoms with Gasteiger partial charge in [0, 0.05) is 30.9 Å². The maximum atomic E-state index is 11.2. The Morgan fingerprint density at radius 2 is 1.67 bits per heavy atom. The van der Waals surface area contributed by atoms with Gasteiger partial charge in [0.15, 0.2) is 5.69 Å². The van der Waals surface area contributed by atoms with E-state index in [9.17, 15) is 20.2 Å². The molecule has 0 radical (unpaired) electrons. The summed E-state index contributed by atoms with van der Waals surface area (Å²) in [5.74, 6) is 0. The summed E-state index contributed by atoms with van der Waals surface area (Å²) in [4.78, 5) is 21.2. The Labute approximate surface area is 122 Å². The molecule has 0 amide bonds. The first-order chi connectivity index (χ1) is 9.90. The maximum absolute atomic E-state index is 11.2. The van der Waals surface area contributed by atoms with Crippen LogP contribution in [-0.2, 0) is 4.74 Å². The minimum absolute atomic E-state index is 0.0287. The summed E-state index contributed by atoms with van der Waals surface area (Å²) >= 11 is 0. The lowest BCUT2D eigenvalue weighted by Gasteiger charge is -2.11. The number of anilines is 1. The highest BCUT2D eigenvalue weighted by Gasteiger charge is 2.29. The average Bonchev–Trinajstić information content (AvgIpc) is 2.36. The zero-order valence-electron chi connectivity index (χ0n) is 12.3. The van der Waals surface area contributed by atoms with Crippen LogP contribution in [0.3, 0.4) is 0 Å². The lowest BCUT2D eigenvalue weighted by Crippen LogP contribution is -2.11. The fraction of sp³-hybridized carbons (Fsp3) is 0.538. The molecular weight excluding hydrogens is 278 g/mol. The van der Waals surface area contributed by atoms with Crippen LogP contribution in [-0.4, -0.2) is 29.6 Å². The molecule has 0 saturated heterocycles. The van der Waals surface area contributed by atoms with Crippen LogP contribution in [0.25, 0.3) is 0 Å². The molecule has 0 bridgehead atoms. The van der Waals surface area contributed by atoms with Crippen molar-refractivity contribution in [3.8, 4) is 0 Å². The number of aryl methyl sites for hydroxylation is 2. The molecule has 8 nitrogen and oxygen atoms in total. The van der Waals surface area contributed by atoms with Crippen LogP contribution in [0, 0.1) is 34.1 Å². The van der Waals surface area contributed by atoms with Crippen LogP contribution in [0.1, 0.15) is 24.5 Å². The summed E-state index contributed by atoms with van der Waals surface area (Å²) in [6, 6.07) is 1.46. The fourth-order valence-electron chi connectivity index (χ4n) is 2.14. The van der Waals surface area contributed by atoms with E-state index in [1.54, 1.807) is 13.8 Å². The molecule has 0 atom stereocenters. The second kappa shape index (κ2) is 7.53. The van der Waals surface area contributed by atoms with Crippen molar-refractivity contribution >= 4 is 17.1 Å². The quantitative estimate of drug-likeness (QED) is 0.449. The number of hydrogen-bond acceptors (Lipinski definition) is 6. The van der Waals surface area contributed by atoms with Crippen LogP contribution in [0.2, 0.25) is 0 Å².